The highest BCUT2D eigenvalue weighted by Gasteiger charge is 2.23. The number of nitrogens with one attached hydrogen (secondary N) is 1. The predicted molar refractivity (Wildman–Crippen MR) is 349 cm³/mol. The standard InChI is InChI=1S/C71H143N2O6P/c1-6-8-10-12-14-16-18-20-22-24-25-26-27-28-29-30-31-32-33-34-35-36-37-38-39-40-41-42-43-44-45-46-47-49-51-53-55-57-59-61-63-65-71(75)72-69(68-79-80(76,77)78-67-66-73(3,4)5)70(74)64-62-60-58-56-54-52-50-48-23-21-19-17-15-13-11-9-7-2/h62,64,69-70,74H,6-61,63,65-68H2,1-5H3,(H-,72,75,76,77)/b64-62+. The Balaban J connectivity index is 3.83. The lowest BCUT2D eigenvalue weighted by molar-refractivity contribution is -0.870. The van der Waals surface area contributed by atoms with Gasteiger partial charge in [0.1, 0.15) is 13.2 Å². The number of unbranched alkanes of at least 4 members (excludes halogenated alkanes) is 55. The van der Waals surface area contributed by atoms with Gasteiger partial charge in [-0.05, 0) is 19.3 Å². The number of nitrogens with zero attached hydrogens (tertiary/aromatic N) is 1. The zero-order valence-electron chi connectivity index (χ0n) is 54.8. The Bertz CT molecular complexity index is 1310. The number of likely N-dealkylation sites (N-methyl/N-ethyl adjacent to an activating group) is 1. The molecule has 8 nitrogen and oxygen atoms in total. The van der Waals surface area contributed by atoms with Crippen LogP contribution in [0.15, 0.2) is 12.2 Å². The summed E-state index contributed by atoms with van der Waals surface area (Å²) >= 11 is 0. The van der Waals surface area contributed by atoms with Crippen molar-refractivity contribution < 1.29 is 32.9 Å². The first-order valence-corrected chi connectivity index (χ1v) is 37.5. The molecule has 0 aliphatic carbocycles. The molecule has 0 aromatic heterocycles. The highest BCUT2D eigenvalue weighted by molar-refractivity contribution is 7.45. The van der Waals surface area contributed by atoms with Crippen molar-refractivity contribution >= 4 is 13.7 Å². The van der Waals surface area contributed by atoms with Gasteiger partial charge in [-0.1, -0.05) is 373 Å². The lowest BCUT2D eigenvalue weighted by Crippen LogP contribution is -2.45. The summed E-state index contributed by atoms with van der Waals surface area (Å²) in [7, 11) is 1.28. The fourth-order valence-corrected chi connectivity index (χ4v) is 12.1. The van der Waals surface area contributed by atoms with E-state index in [-0.39, 0.29) is 19.1 Å². The molecule has 0 radical (unpaired) electrons. The molecule has 1 amide bonds. The van der Waals surface area contributed by atoms with E-state index >= 15 is 0 Å². The van der Waals surface area contributed by atoms with Crippen LogP contribution >= 0.6 is 7.82 Å². The Morgan fingerprint density at radius 3 is 0.938 bits per heavy atom. The van der Waals surface area contributed by atoms with Crippen LogP contribution in [0, 0.1) is 0 Å². The topological polar surface area (TPSA) is 108 Å². The van der Waals surface area contributed by atoms with Crippen LogP contribution in [0.5, 0.6) is 0 Å². The van der Waals surface area contributed by atoms with E-state index in [1.54, 1.807) is 6.08 Å². The summed E-state index contributed by atoms with van der Waals surface area (Å²) in [5.41, 5.74) is 0. The highest BCUT2D eigenvalue weighted by atomic mass is 31.2. The molecule has 0 heterocycles. The van der Waals surface area contributed by atoms with Gasteiger partial charge in [0.25, 0.3) is 7.82 Å². The summed E-state index contributed by atoms with van der Waals surface area (Å²) in [4.78, 5) is 25.6. The Kier molecular flexibility index (Phi) is 62.2. The molecule has 0 aromatic rings. The quantitative estimate of drug-likeness (QED) is 0.0272. The van der Waals surface area contributed by atoms with Crippen molar-refractivity contribution in [2.75, 3.05) is 40.9 Å². The second kappa shape index (κ2) is 62.8. The lowest BCUT2D eigenvalue weighted by atomic mass is 10.0. The number of carbonyl (C=O) groups is 1. The van der Waals surface area contributed by atoms with Crippen molar-refractivity contribution in [3.05, 3.63) is 12.2 Å². The smallest absolute Gasteiger partial charge is 0.268 e. The SMILES string of the molecule is CCCCCCCCCCCCCCCCC/C=C/C(O)C(COP(=O)([O-])OCC[N+](C)(C)C)NC(=O)CCCCCCCCCCCCCCCCCCCCCCCCCCCCCCCCCCCCCCCCCCC. The van der Waals surface area contributed by atoms with Crippen LogP contribution in [0.4, 0.5) is 0 Å². The van der Waals surface area contributed by atoms with Gasteiger partial charge >= 0.3 is 0 Å². The third-order valence-corrected chi connectivity index (χ3v) is 18.0. The average Bonchev–Trinajstić information content (AvgIpc) is 3.43. The summed E-state index contributed by atoms with van der Waals surface area (Å²) in [5, 5.41) is 13.9. The summed E-state index contributed by atoms with van der Waals surface area (Å²) in [6.45, 7) is 4.71. The zero-order chi connectivity index (χ0) is 58.4. The molecule has 0 rings (SSSR count). The molecule has 0 saturated heterocycles. The maximum Gasteiger partial charge on any atom is 0.268 e. The maximum atomic E-state index is 13.0. The van der Waals surface area contributed by atoms with Gasteiger partial charge in [0.2, 0.25) is 5.91 Å². The molecule has 478 valence electrons. The molecule has 0 aromatic carbocycles. The van der Waals surface area contributed by atoms with Gasteiger partial charge < -0.3 is 28.8 Å². The number of phosphoric acid groups is 1. The number of quaternary nitrogens is 1. The number of carbonyl (C=O) groups excluding carboxylic acids is 1. The van der Waals surface area contributed by atoms with Crippen LogP contribution in [-0.2, 0) is 18.4 Å². The normalized spacial score (nSPS) is 13.6. The van der Waals surface area contributed by atoms with E-state index < -0.39 is 20.0 Å². The third-order valence-electron chi connectivity index (χ3n) is 17.0. The molecule has 0 aliphatic heterocycles. The minimum absolute atomic E-state index is 0.00280. The van der Waals surface area contributed by atoms with E-state index in [0.717, 1.165) is 38.5 Å². The number of phosphoric ester groups is 1. The van der Waals surface area contributed by atoms with Crippen LogP contribution in [-0.4, -0.2) is 68.5 Å². The molecule has 3 atom stereocenters. The summed E-state index contributed by atoms with van der Waals surface area (Å²) in [6, 6.07) is -0.883. The van der Waals surface area contributed by atoms with Crippen molar-refractivity contribution in [3.63, 3.8) is 0 Å². The molecule has 0 spiro atoms. The fourth-order valence-electron chi connectivity index (χ4n) is 11.4. The van der Waals surface area contributed by atoms with Crippen molar-refractivity contribution in [2.24, 2.45) is 0 Å². The lowest BCUT2D eigenvalue weighted by Gasteiger charge is -2.29. The van der Waals surface area contributed by atoms with E-state index in [2.05, 4.69) is 19.2 Å². The second-order valence-electron chi connectivity index (χ2n) is 26.3. The number of amides is 1. The van der Waals surface area contributed by atoms with E-state index in [0.29, 0.717) is 17.4 Å². The van der Waals surface area contributed by atoms with Crippen LogP contribution in [0.3, 0.4) is 0 Å². The first-order valence-electron chi connectivity index (χ1n) is 36.1. The minimum Gasteiger partial charge on any atom is -0.756 e. The average molecular weight is 1150 g/mol. The Morgan fingerprint density at radius 1 is 0.425 bits per heavy atom. The Hall–Kier alpha value is -0.760. The molecule has 2 N–H and O–H groups in total. The molecule has 0 saturated carbocycles. The second-order valence-corrected chi connectivity index (χ2v) is 27.7. The van der Waals surface area contributed by atoms with Gasteiger partial charge in [0.05, 0.1) is 39.9 Å². The third kappa shape index (κ3) is 64.8. The number of allylic oxidation sites excluding steroid dienone is 1. The van der Waals surface area contributed by atoms with E-state index in [1.807, 2.05) is 27.2 Å². The fraction of sp³-hybridized carbons (Fsp3) is 0.958. The van der Waals surface area contributed by atoms with Crippen LogP contribution < -0.4 is 10.2 Å². The van der Waals surface area contributed by atoms with Gasteiger partial charge in [-0.2, -0.15) is 0 Å². The van der Waals surface area contributed by atoms with Gasteiger partial charge in [-0.15, -0.1) is 0 Å². The van der Waals surface area contributed by atoms with Crippen LogP contribution in [0.1, 0.15) is 386 Å². The van der Waals surface area contributed by atoms with Crippen molar-refractivity contribution in [1.82, 2.24) is 5.32 Å². The number of rotatable bonds is 68. The van der Waals surface area contributed by atoms with Crippen LogP contribution in [0.2, 0.25) is 0 Å². The number of hydrogen-bond acceptors (Lipinski definition) is 6. The van der Waals surface area contributed by atoms with Gasteiger partial charge in [-0.3, -0.25) is 9.36 Å². The molecule has 3 unspecified atom stereocenters. The van der Waals surface area contributed by atoms with Crippen LogP contribution in [0.25, 0.3) is 0 Å². The Labute approximate surface area is 501 Å². The molecule has 0 aliphatic rings. The molecular formula is C71H143N2O6P. The molecule has 80 heavy (non-hydrogen) atoms. The summed E-state index contributed by atoms with van der Waals surface area (Å²) in [6.07, 6.45) is 80.8. The Morgan fingerprint density at radius 2 is 0.675 bits per heavy atom. The van der Waals surface area contributed by atoms with Crippen molar-refractivity contribution in [3.8, 4) is 0 Å². The first-order chi connectivity index (χ1) is 39.0. The predicted octanol–water partition coefficient (Wildman–Crippen LogP) is 22.3. The summed E-state index contributed by atoms with van der Waals surface area (Å²) < 4.78 is 23.4. The minimum atomic E-state index is -4.60. The van der Waals surface area contributed by atoms with E-state index in [4.69, 9.17) is 9.05 Å². The van der Waals surface area contributed by atoms with Gasteiger partial charge in [-0.25, -0.2) is 0 Å². The highest BCUT2D eigenvalue weighted by Crippen LogP contribution is 2.38. The largest absolute Gasteiger partial charge is 0.756 e. The molecule has 0 fully saturated rings. The van der Waals surface area contributed by atoms with Crippen molar-refractivity contribution in [1.29, 1.82) is 0 Å². The monoisotopic (exact) mass is 1150 g/mol. The van der Waals surface area contributed by atoms with E-state index in [9.17, 15) is 19.4 Å². The van der Waals surface area contributed by atoms with Gasteiger partial charge in [0.15, 0.2) is 0 Å². The number of aliphatic hydroxyl groups excluding tert-OH is 1. The zero-order valence-corrected chi connectivity index (χ0v) is 55.7. The van der Waals surface area contributed by atoms with E-state index in [1.165, 1.54) is 327 Å². The summed E-state index contributed by atoms with van der Waals surface area (Å²) in [5.74, 6) is -0.188. The first kappa shape index (κ1) is 79.2. The maximum absolute atomic E-state index is 13.0. The molecular weight excluding hydrogens is 1010 g/mol. The molecule has 0 bridgehead atoms. The number of hydrogen-bond donors (Lipinski definition) is 2. The van der Waals surface area contributed by atoms with Gasteiger partial charge in [0, 0.05) is 6.42 Å². The molecule has 9 heteroatoms. The van der Waals surface area contributed by atoms with Crippen molar-refractivity contribution in [2.45, 2.75) is 398 Å². The number of aliphatic hydroxyl groups is 1.